The highest BCUT2D eigenvalue weighted by atomic mass is 32.1. The first-order valence-electron chi connectivity index (χ1n) is 6.24. The SMILES string of the molecule is CN(C(=O)c1sccc1C#CCCO)c1ccccc1. The molecule has 0 bridgehead atoms. The summed E-state index contributed by atoms with van der Waals surface area (Å²) in [5, 5.41) is 10.6. The Kier molecular flexibility index (Phi) is 4.94. The minimum atomic E-state index is -0.0699. The third-order valence-corrected chi connectivity index (χ3v) is 3.67. The van der Waals surface area contributed by atoms with Crippen molar-refractivity contribution >= 4 is 22.9 Å². The van der Waals surface area contributed by atoms with Crippen molar-refractivity contribution in [1.29, 1.82) is 0 Å². The monoisotopic (exact) mass is 285 g/mol. The molecule has 0 aliphatic carbocycles. The maximum atomic E-state index is 12.5. The predicted octanol–water partition coefficient (Wildman–Crippen LogP) is 2.76. The highest BCUT2D eigenvalue weighted by Gasteiger charge is 2.17. The van der Waals surface area contributed by atoms with Crippen LogP contribution in [0.2, 0.25) is 0 Å². The van der Waals surface area contributed by atoms with Gasteiger partial charge in [0, 0.05) is 24.7 Å². The molecule has 102 valence electrons. The van der Waals surface area contributed by atoms with Gasteiger partial charge in [0.25, 0.3) is 5.91 Å². The van der Waals surface area contributed by atoms with Crippen molar-refractivity contribution < 1.29 is 9.90 Å². The van der Waals surface area contributed by atoms with E-state index in [9.17, 15) is 4.79 Å². The van der Waals surface area contributed by atoms with Gasteiger partial charge < -0.3 is 10.0 Å². The number of thiophene rings is 1. The Hall–Kier alpha value is -2.09. The van der Waals surface area contributed by atoms with E-state index in [0.717, 1.165) is 11.3 Å². The second-order valence-electron chi connectivity index (χ2n) is 4.14. The van der Waals surface area contributed by atoms with Gasteiger partial charge in [-0.05, 0) is 23.6 Å². The molecule has 3 nitrogen and oxygen atoms in total. The Morgan fingerprint density at radius 2 is 2.05 bits per heavy atom. The molecule has 0 saturated heterocycles. The molecule has 0 radical (unpaired) electrons. The van der Waals surface area contributed by atoms with Crippen molar-refractivity contribution in [2.24, 2.45) is 0 Å². The summed E-state index contributed by atoms with van der Waals surface area (Å²) in [6.45, 7) is 0.0321. The molecule has 20 heavy (non-hydrogen) atoms. The van der Waals surface area contributed by atoms with Crippen molar-refractivity contribution in [3.8, 4) is 11.8 Å². The molecule has 0 aliphatic heterocycles. The number of benzene rings is 1. The molecule has 1 amide bonds. The van der Waals surface area contributed by atoms with Crippen LogP contribution in [0.1, 0.15) is 21.7 Å². The summed E-state index contributed by atoms with van der Waals surface area (Å²) in [6.07, 6.45) is 0.415. The summed E-state index contributed by atoms with van der Waals surface area (Å²) in [7, 11) is 1.75. The Labute approximate surface area is 122 Å². The van der Waals surface area contributed by atoms with E-state index in [1.54, 1.807) is 11.9 Å². The molecular formula is C16H15NO2S. The smallest absolute Gasteiger partial charge is 0.269 e. The molecule has 0 unspecified atom stereocenters. The van der Waals surface area contributed by atoms with Gasteiger partial charge in [0.1, 0.15) is 4.88 Å². The van der Waals surface area contributed by atoms with E-state index in [1.165, 1.54) is 11.3 Å². The molecular weight excluding hydrogens is 270 g/mol. The minimum Gasteiger partial charge on any atom is -0.395 e. The molecule has 2 rings (SSSR count). The molecule has 0 atom stereocenters. The zero-order chi connectivity index (χ0) is 14.4. The van der Waals surface area contributed by atoms with E-state index < -0.39 is 0 Å². The topological polar surface area (TPSA) is 40.5 Å². The van der Waals surface area contributed by atoms with Crippen LogP contribution in [0.3, 0.4) is 0 Å². The number of nitrogens with zero attached hydrogens (tertiary/aromatic N) is 1. The van der Waals surface area contributed by atoms with Crippen molar-refractivity contribution in [3.05, 3.63) is 52.2 Å². The second kappa shape index (κ2) is 6.90. The number of carbonyl (C=O) groups is 1. The van der Waals surface area contributed by atoms with Crippen LogP contribution in [0.5, 0.6) is 0 Å². The maximum absolute atomic E-state index is 12.5. The summed E-state index contributed by atoms with van der Waals surface area (Å²) in [5.74, 6) is 5.71. The van der Waals surface area contributed by atoms with Gasteiger partial charge in [-0.3, -0.25) is 4.79 Å². The second-order valence-corrected chi connectivity index (χ2v) is 5.05. The number of carbonyl (C=O) groups excluding carboxylic acids is 1. The first-order valence-corrected chi connectivity index (χ1v) is 7.12. The number of aliphatic hydroxyl groups is 1. The zero-order valence-corrected chi connectivity index (χ0v) is 12.0. The van der Waals surface area contributed by atoms with Crippen LogP contribution in [0.4, 0.5) is 5.69 Å². The number of aliphatic hydroxyl groups excluding tert-OH is 1. The van der Waals surface area contributed by atoms with Crippen LogP contribution in [0.25, 0.3) is 0 Å². The Bertz CT molecular complexity index is 637. The Morgan fingerprint density at radius 1 is 1.30 bits per heavy atom. The Balaban J connectivity index is 2.22. The summed E-state index contributed by atoms with van der Waals surface area (Å²) >= 11 is 1.38. The summed E-state index contributed by atoms with van der Waals surface area (Å²) in [5.41, 5.74) is 1.57. The lowest BCUT2D eigenvalue weighted by Gasteiger charge is -2.16. The molecule has 4 heteroatoms. The summed E-state index contributed by atoms with van der Waals surface area (Å²) in [6, 6.07) is 11.3. The fourth-order valence-electron chi connectivity index (χ4n) is 1.71. The van der Waals surface area contributed by atoms with Gasteiger partial charge in [-0.25, -0.2) is 0 Å². The van der Waals surface area contributed by atoms with Gasteiger partial charge in [-0.15, -0.1) is 11.3 Å². The van der Waals surface area contributed by atoms with E-state index in [4.69, 9.17) is 5.11 Å². The molecule has 1 heterocycles. The van der Waals surface area contributed by atoms with Crippen LogP contribution in [0, 0.1) is 11.8 Å². The quantitative estimate of drug-likeness (QED) is 0.881. The normalized spacial score (nSPS) is 9.70. The van der Waals surface area contributed by atoms with Gasteiger partial charge in [-0.1, -0.05) is 30.0 Å². The highest BCUT2D eigenvalue weighted by molar-refractivity contribution is 7.12. The van der Waals surface area contributed by atoms with Crippen molar-refractivity contribution in [2.75, 3.05) is 18.6 Å². The number of amides is 1. The van der Waals surface area contributed by atoms with Gasteiger partial charge in [-0.2, -0.15) is 0 Å². The average molecular weight is 285 g/mol. The van der Waals surface area contributed by atoms with E-state index in [0.29, 0.717) is 11.3 Å². The maximum Gasteiger partial charge on any atom is 0.269 e. The summed E-state index contributed by atoms with van der Waals surface area (Å²) < 4.78 is 0. The van der Waals surface area contributed by atoms with E-state index in [2.05, 4.69) is 11.8 Å². The lowest BCUT2D eigenvalue weighted by molar-refractivity contribution is 0.0996. The lowest BCUT2D eigenvalue weighted by Crippen LogP contribution is -2.25. The first-order chi connectivity index (χ1) is 9.74. The number of hydrogen-bond donors (Lipinski definition) is 1. The fraction of sp³-hybridized carbons (Fsp3) is 0.188. The van der Waals surface area contributed by atoms with E-state index in [-0.39, 0.29) is 12.5 Å². The number of anilines is 1. The molecule has 0 aliphatic rings. The van der Waals surface area contributed by atoms with Crippen molar-refractivity contribution in [3.63, 3.8) is 0 Å². The van der Waals surface area contributed by atoms with Gasteiger partial charge >= 0.3 is 0 Å². The van der Waals surface area contributed by atoms with Gasteiger partial charge in [0.2, 0.25) is 0 Å². The predicted molar refractivity (Wildman–Crippen MR) is 82.1 cm³/mol. The molecule has 1 aromatic carbocycles. The minimum absolute atomic E-state index is 0.0321. The van der Waals surface area contributed by atoms with Crippen LogP contribution >= 0.6 is 11.3 Å². The molecule has 0 fully saturated rings. The molecule has 1 aromatic heterocycles. The Morgan fingerprint density at radius 3 is 2.75 bits per heavy atom. The molecule has 0 spiro atoms. The van der Waals surface area contributed by atoms with Crippen LogP contribution < -0.4 is 4.90 Å². The summed E-state index contributed by atoms with van der Waals surface area (Å²) in [4.78, 5) is 14.7. The molecule has 2 aromatic rings. The van der Waals surface area contributed by atoms with Crippen LogP contribution in [0.15, 0.2) is 41.8 Å². The van der Waals surface area contributed by atoms with Crippen LogP contribution in [-0.4, -0.2) is 24.7 Å². The highest BCUT2D eigenvalue weighted by Crippen LogP contribution is 2.21. The van der Waals surface area contributed by atoms with Crippen molar-refractivity contribution in [2.45, 2.75) is 6.42 Å². The zero-order valence-electron chi connectivity index (χ0n) is 11.2. The first kappa shape index (κ1) is 14.3. The van der Waals surface area contributed by atoms with Gasteiger partial charge in [0.05, 0.1) is 6.61 Å². The number of para-hydroxylation sites is 1. The standard InChI is InChI=1S/C16H15NO2S/c1-17(14-8-3-2-4-9-14)16(19)15-13(10-12-20-15)7-5-6-11-18/h2-4,8-10,12,18H,6,11H2,1H3. The third-order valence-electron chi connectivity index (χ3n) is 2.77. The van der Waals surface area contributed by atoms with Gasteiger partial charge in [0.15, 0.2) is 0 Å². The van der Waals surface area contributed by atoms with Crippen LogP contribution in [-0.2, 0) is 0 Å². The van der Waals surface area contributed by atoms with Crippen molar-refractivity contribution in [1.82, 2.24) is 0 Å². The van der Waals surface area contributed by atoms with E-state index >= 15 is 0 Å². The average Bonchev–Trinajstić information content (AvgIpc) is 2.95. The third kappa shape index (κ3) is 3.27. The molecule has 1 N–H and O–H groups in total. The van der Waals surface area contributed by atoms with E-state index in [1.807, 2.05) is 41.8 Å². The fourth-order valence-corrected chi connectivity index (χ4v) is 2.53. The number of rotatable bonds is 3. The molecule has 0 saturated carbocycles. The largest absolute Gasteiger partial charge is 0.395 e. The lowest BCUT2D eigenvalue weighted by atomic mass is 10.2. The number of hydrogen-bond acceptors (Lipinski definition) is 3.